The van der Waals surface area contributed by atoms with Crippen molar-refractivity contribution < 1.29 is 14.7 Å². The number of nitrogens with zero attached hydrogens (tertiary/aromatic N) is 1. The minimum Gasteiger partial charge on any atom is -0.481 e. The molecule has 1 heterocycles. The first-order valence-electron chi connectivity index (χ1n) is 6.72. The van der Waals surface area contributed by atoms with Gasteiger partial charge < -0.3 is 10.0 Å². The summed E-state index contributed by atoms with van der Waals surface area (Å²) in [7, 11) is 0. The standard InChI is InChI=1S/C13H19NO3/c15-12(9-4-5-10(9)13(16)17)14-7-6-8-2-1-3-11(8)14/h8-11H,1-7H2,(H,16,17). The second-order valence-corrected chi connectivity index (χ2v) is 5.71. The van der Waals surface area contributed by atoms with Gasteiger partial charge in [0.1, 0.15) is 0 Å². The van der Waals surface area contributed by atoms with Gasteiger partial charge in [-0.2, -0.15) is 0 Å². The van der Waals surface area contributed by atoms with Crippen LogP contribution in [0.15, 0.2) is 0 Å². The van der Waals surface area contributed by atoms with Crippen molar-refractivity contribution in [2.24, 2.45) is 17.8 Å². The summed E-state index contributed by atoms with van der Waals surface area (Å²) in [5.41, 5.74) is 0. The monoisotopic (exact) mass is 237 g/mol. The lowest BCUT2D eigenvalue weighted by atomic mass is 9.73. The Morgan fingerprint density at radius 3 is 2.41 bits per heavy atom. The highest BCUT2D eigenvalue weighted by Crippen LogP contribution is 2.42. The second-order valence-electron chi connectivity index (χ2n) is 5.71. The molecule has 2 saturated carbocycles. The smallest absolute Gasteiger partial charge is 0.307 e. The van der Waals surface area contributed by atoms with E-state index in [1.165, 1.54) is 12.8 Å². The van der Waals surface area contributed by atoms with Gasteiger partial charge >= 0.3 is 5.97 Å². The molecule has 4 unspecified atom stereocenters. The summed E-state index contributed by atoms with van der Waals surface area (Å²) in [6, 6.07) is 0.428. The van der Waals surface area contributed by atoms with Crippen LogP contribution in [0.25, 0.3) is 0 Å². The van der Waals surface area contributed by atoms with E-state index in [2.05, 4.69) is 0 Å². The van der Waals surface area contributed by atoms with E-state index in [0.717, 1.165) is 25.8 Å². The Morgan fingerprint density at radius 2 is 1.76 bits per heavy atom. The molecule has 2 aliphatic carbocycles. The van der Waals surface area contributed by atoms with Gasteiger partial charge in [0, 0.05) is 12.6 Å². The van der Waals surface area contributed by atoms with Crippen molar-refractivity contribution in [3.8, 4) is 0 Å². The third kappa shape index (κ3) is 1.65. The molecular formula is C13H19NO3. The van der Waals surface area contributed by atoms with Crippen LogP contribution < -0.4 is 0 Å². The van der Waals surface area contributed by atoms with Gasteiger partial charge in [0.2, 0.25) is 5.91 Å². The highest BCUT2D eigenvalue weighted by atomic mass is 16.4. The van der Waals surface area contributed by atoms with Crippen molar-refractivity contribution in [1.82, 2.24) is 4.90 Å². The number of carboxylic acid groups (broad SMARTS) is 1. The number of likely N-dealkylation sites (tertiary alicyclic amines) is 1. The highest BCUT2D eigenvalue weighted by molar-refractivity contribution is 5.86. The van der Waals surface area contributed by atoms with E-state index < -0.39 is 11.9 Å². The van der Waals surface area contributed by atoms with Gasteiger partial charge in [-0.1, -0.05) is 6.42 Å². The average molecular weight is 237 g/mol. The van der Waals surface area contributed by atoms with Crippen LogP contribution in [0.4, 0.5) is 0 Å². The molecule has 94 valence electrons. The summed E-state index contributed by atoms with van der Waals surface area (Å²) in [5.74, 6) is -0.619. The summed E-state index contributed by atoms with van der Waals surface area (Å²) >= 11 is 0. The van der Waals surface area contributed by atoms with Gasteiger partial charge in [0.15, 0.2) is 0 Å². The fourth-order valence-corrected chi connectivity index (χ4v) is 3.81. The lowest BCUT2D eigenvalue weighted by Crippen LogP contribution is -2.47. The maximum absolute atomic E-state index is 12.3. The molecule has 3 rings (SSSR count). The Kier molecular flexibility index (Phi) is 2.60. The number of carbonyl (C=O) groups excluding carboxylic acids is 1. The zero-order valence-corrected chi connectivity index (χ0v) is 9.97. The van der Waals surface area contributed by atoms with E-state index >= 15 is 0 Å². The molecule has 3 fully saturated rings. The van der Waals surface area contributed by atoms with E-state index in [4.69, 9.17) is 5.11 Å². The van der Waals surface area contributed by atoms with Crippen LogP contribution in [0, 0.1) is 17.8 Å². The van der Waals surface area contributed by atoms with Crippen LogP contribution in [-0.2, 0) is 9.59 Å². The molecule has 1 N–H and O–H groups in total. The van der Waals surface area contributed by atoms with E-state index in [1.807, 2.05) is 4.90 Å². The molecule has 0 aromatic carbocycles. The molecule has 1 aliphatic heterocycles. The van der Waals surface area contributed by atoms with Crippen LogP contribution in [0.2, 0.25) is 0 Å². The van der Waals surface area contributed by atoms with Crippen molar-refractivity contribution in [2.75, 3.05) is 6.54 Å². The van der Waals surface area contributed by atoms with Crippen LogP contribution in [0.3, 0.4) is 0 Å². The van der Waals surface area contributed by atoms with Crippen LogP contribution in [-0.4, -0.2) is 34.5 Å². The molecule has 17 heavy (non-hydrogen) atoms. The average Bonchev–Trinajstić information content (AvgIpc) is 2.73. The first-order valence-corrected chi connectivity index (χ1v) is 6.72. The fourth-order valence-electron chi connectivity index (χ4n) is 3.81. The molecule has 0 bridgehead atoms. The van der Waals surface area contributed by atoms with Gasteiger partial charge in [-0.3, -0.25) is 9.59 Å². The van der Waals surface area contributed by atoms with E-state index in [1.54, 1.807) is 0 Å². The Bertz CT molecular complexity index is 355. The van der Waals surface area contributed by atoms with Crippen molar-refractivity contribution >= 4 is 11.9 Å². The summed E-state index contributed by atoms with van der Waals surface area (Å²) in [5, 5.41) is 9.01. The van der Waals surface area contributed by atoms with Gasteiger partial charge in [0.25, 0.3) is 0 Å². The molecule has 1 amide bonds. The topological polar surface area (TPSA) is 57.6 Å². The molecule has 0 spiro atoms. The predicted molar refractivity (Wildman–Crippen MR) is 61.3 cm³/mol. The lowest BCUT2D eigenvalue weighted by molar-refractivity contribution is -0.157. The third-order valence-electron chi connectivity index (χ3n) is 4.95. The van der Waals surface area contributed by atoms with Crippen molar-refractivity contribution in [2.45, 2.75) is 44.6 Å². The summed E-state index contributed by atoms with van der Waals surface area (Å²) in [6.07, 6.45) is 6.17. The number of carboxylic acids is 1. The number of rotatable bonds is 2. The fraction of sp³-hybridized carbons (Fsp3) is 0.846. The van der Waals surface area contributed by atoms with Crippen LogP contribution in [0.1, 0.15) is 38.5 Å². The van der Waals surface area contributed by atoms with Crippen LogP contribution in [0.5, 0.6) is 0 Å². The van der Waals surface area contributed by atoms with Gasteiger partial charge in [-0.05, 0) is 38.0 Å². The van der Waals surface area contributed by atoms with Gasteiger partial charge in [-0.15, -0.1) is 0 Å². The number of amides is 1. The number of carbonyl (C=O) groups is 2. The Balaban J connectivity index is 1.68. The Morgan fingerprint density at radius 1 is 1.00 bits per heavy atom. The van der Waals surface area contributed by atoms with E-state index in [9.17, 15) is 9.59 Å². The van der Waals surface area contributed by atoms with Crippen molar-refractivity contribution in [3.05, 3.63) is 0 Å². The maximum Gasteiger partial charge on any atom is 0.307 e. The number of hydrogen-bond donors (Lipinski definition) is 1. The zero-order chi connectivity index (χ0) is 12.0. The molecular weight excluding hydrogens is 218 g/mol. The van der Waals surface area contributed by atoms with E-state index in [-0.39, 0.29) is 11.8 Å². The predicted octanol–water partition coefficient (Wildman–Crippen LogP) is 1.50. The molecule has 4 heteroatoms. The molecule has 1 saturated heterocycles. The minimum absolute atomic E-state index is 0.123. The SMILES string of the molecule is O=C(O)C1CCC1C(=O)N1CCC2CCCC21. The maximum atomic E-state index is 12.3. The van der Waals surface area contributed by atoms with Crippen molar-refractivity contribution in [1.29, 1.82) is 0 Å². The van der Waals surface area contributed by atoms with Crippen LogP contribution >= 0.6 is 0 Å². The van der Waals surface area contributed by atoms with E-state index in [0.29, 0.717) is 18.4 Å². The Labute approximate surface area is 101 Å². The first kappa shape index (κ1) is 11.1. The minimum atomic E-state index is -0.795. The zero-order valence-electron chi connectivity index (χ0n) is 9.97. The highest BCUT2D eigenvalue weighted by Gasteiger charge is 2.47. The number of hydrogen-bond acceptors (Lipinski definition) is 2. The molecule has 0 radical (unpaired) electrons. The quantitative estimate of drug-likeness (QED) is 0.791. The molecule has 0 aromatic heterocycles. The molecule has 4 atom stereocenters. The number of aliphatic carboxylic acids is 1. The normalized spacial score (nSPS) is 39.9. The molecule has 4 nitrogen and oxygen atoms in total. The summed E-state index contributed by atoms with van der Waals surface area (Å²) in [4.78, 5) is 25.3. The Hall–Kier alpha value is -1.06. The second kappa shape index (κ2) is 4.00. The summed E-state index contributed by atoms with van der Waals surface area (Å²) < 4.78 is 0. The number of fused-ring (bicyclic) bond motifs is 1. The molecule has 3 aliphatic rings. The first-order chi connectivity index (χ1) is 8.18. The van der Waals surface area contributed by atoms with Gasteiger partial charge in [0.05, 0.1) is 11.8 Å². The third-order valence-corrected chi connectivity index (χ3v) is 4.95. The summed E-state index contributed by atoms with van der Waals surface area (Å²) in [6.45, 7) is 0.858. The van der Waals surface area contributed by atoms with Crippen molar-refractivity contribution in [3.63, 3.8) is 0 Å². The molecule has 0 aromatic rings. The largest absolute Gasteiger partial charge is 0.481 e. The van der Waals surface area contributed by atoms with Gasteiger partial charge in [-0.25, -0.2) is 0 Å². The lowest BCUT2D eigenvalue weighted by Gasteiger charge is -2.37.